The fraction of sp³-hybridized carbons (Fsp3) is 0.143. The second-order valence-corrected chi connectivity index (χ2v) is 8.38. The van der Waals surface area contributed by atoms with Crippen LogP contribution in [-0.4, -0.2) is 32.5 Å². The molecule has 0 saturated heterocycles. The second-order valence-electron chi connectivity index (χ2n) is 6.63. The SMILES string of the molecule is CS(=O)(=O)Nc1ccc(NC(=O)[C@@H](Cc2ccccc2)NC(=O)c2ccco2)cc1. The highest BCUT2D eigenvalue weighted by Gasteiger charge is 2.23. The molecule has 0 spiro atoms. The number of rotatable bonds is 8. The van der Waals surface area contributed by atoms with Gasteiger partial charge in [0.1, 0.15) is 6.04 Å². The van der Waals surface area contributed by atoms with E-state index < -0.39 is 27.9 Å². The Labute approximate surface area is 174 Å². The number of carbonyl (C=O) groups is 2. The zero-order valence-electron chi connectivity index (χ0n) is 16.2. The Morgan fingerprint density at radius 1 is 0.933 bits per heavy atom. The first kappa shape index (κ1) is 21.1. The molecule has 0 bridgehead atoms. The molecular weight excluding hydrogens is 406 g/mol. The van der Waals surface area contributed by atoms with Gasteiger partial charge in [0.2, 0.25) is 15.9 Å². The highest BCUT2D eigenvalue weighted by Crippen LogP contribution is 2.15. The van der Waals surface area contributed by atoms with Crippen molar-refractivity contribution in [2.45, 2.75) is 12.5 Å². The Morgan fingerprint density at radius 3 is 2.20 bits per heavy atom. The molecule has 8 nitrogen and oxygen atoms in total. The minimum absolute atomic E-state index is 0.108. The lowest BCUT2D eigenvalue weighted by Crippen LogP contribution is -2.45. The van der Waals surface area contributed by atoms with E-state index >= 15 is 0 Å². The third-order valence-electron chi connectivity index (χ3n) is 4.11. The van der Waals surface area contributed by atoms with Crippen LogP contribution in [0.25, 0.3) is 0 Å². The van der Waals surface area contributed by atoms with Gasteiger partial charge in [0.25, 0.3) is 5.91 Å². The van der Waals surface area contributed by atoms with Crippen LogP contribution < -0.4 is 15.4 Å². The van der Waals surface area contributed by atoms with E-state index in [1.54, 1.807) is 18.2 Å². The topological polar surface area (TPSA) is 118 Å². The maximum atomic E-state index is 12.9. The molecule has 1 heterocycles. The summed E-state index contributed by atoms with van der Waals surface area (Å²) in [6.07, 6.45) is 2.72. The zero-order valence-corrected chi connectivity index (χ0v) is 17.0. The Balaban J connectivity index is 1.73. The standard InChI is InChI=1S/C21H21N3O5S/c1-30(27,28)24-17-11-9-16(10-12-17)22-20(25)18(14-15-6-3-2-4-7-15)23-21(26)19-8-5-13-29-19/h2-13,18,24H,14H2,1H3,(H,22,25)(H,23,26)/t18-/m1/s1. The van der Waals surface area contributed by atoms with Crippen molar-refractivity contribution in [3.05, 3.63) is 84.3 Å². The third kappa shape index (κ3) is 6.21. The fourth-order valence-corrected chi connectivity index (χ4v) is 3.33. The van der Waals surface area contributed by atoms with Crippen molar-refractivity contribution >= 4 is 33.2 Å². The van der Waals surface area contributed by atoms with Crippen LogP contribution in [0.15, 0.2) is 77.4 Å². The molecule has 1 atom stereocenters. The van der Waals surface area contributed by atoms with Crippen LogP contribution >= 0.6 is 0 Å². The van der Waals surface area contributed by atoms with E-state index in [1.165, 1.54) is 24.5 Å². The number of sulfonamides is 1. The lowest BCUT2D eigenvalue weighted by Gasteiger charge is -2.18. The van der Waals surface area contributed by atoms with Gasteiger partial charge in [-0.25, -0.2) is 8.42 Å². The monoisotopic (exact) mass is 427 g/mol. The summed E-state index contributed by atoms with van der Waals surface area (Å²) in [6.45, 7) is 0. The molecule has 0 radical (unpaired) electrons. The average Bonchev–Trinajstić information content (AvgIpc) is 3.23. The predicted molar refractivity (Wildman–Crippen MR) is 114 cm³/mol. The second kappa shape index (κ2) is 9.27. The van der Waals surface area contributed by atoms with Gasteiger partial charge < -0.3 is 15.1 Å². The lowest BCUT2D eigenvalue weighted by molar-refractivity contribution is -0.118. The Morgan fingerprint density at radius 2 is 1.60 bits per heavy atom. The summed E-state index contributed by atoms with van der Waals surface area (Å²) in [6, 6.07) is 17.8. The minimum atomic E-state index is -3.39. The minimum Gasteiger partial charge on any atom is -0.459 e. The van der Waals surface area contributed by atoms with Crippen molar-refractivity contribution in [2.24, 2.45) is 0 Å². The van der Waals surface area contributed by atoms with E-state index in [0.29, 0.717) is 11.4 Å². The molecule has 0 aliphatic rings. The van der Waals surface area contributed by atoms with Crippen LogP contribution in [-0.2, 0) is 21.2 Å². The molecule has 0 saturated carbocycles. The van der Waals surface area contributed by atoms with Crippen LogP contribution in [0.1, 0.15) is 16.1 Å². The maximum Gasteiger partial charge on any atom is 0.287 e. The predicted octanol–water partition coefficient (Wildman–Crippen LogP) is 2.63. The zero-order chi connectivity index (χ0) is 21.6. The molecule has 0 aliphatic carbocycles. The Hall–Kier alpha value is -3.59. The number of hydrogen-bond acceptors (Lipinski definition) is 5. The summed E-state index contributed by atoms with van der Waals surface area (Å²) in [5.74, 6) is -0.802. The van der Waals surface area contributed by atoms with Crippen LogP contribution in [0.2, 0.25) is 0 Å². The van der Waals surface area contributed by atoms with Gasteiger partial charge in [-0.1, -0.05) is 30.3 Å². The number of anilines is 2. The number of benzene rings is 2. The molecule has 156 valence electrons. The Bertz CT molecular complexity index is 1100. The molecule has 0 fully saturated rings. The van der Waals surface area contributed by atoms with Crippen LogP contribution in [0, 0.1) is 0 Å². The van der Waals surface area contributed by atoms with Crippen molar-refractivity contribution < 1.29 is 22.4 Å². The number of nitrogens with one attached hydrogen (secondary N) is 3. The molecule has 30 heavy (non-hydrogen) atoms. The van der Waals surface area contributed by atoms with Gasteiger partial charge in [0, 0.05) is 17.8 Å². The van der Waals surface area contributed by atoms with Crippen molar-refractivity contribution in [1.82, 2.24) is 5.32 Å². The van der Waals surface area contributed by atoms with Gasteiger partial charge in [-0.05, 0) is 42.0 Å². The van der Waals surface area contributed by atoms with Crippen molar-refractivity contribution in [1.29, 1.82) is 0 Å². The van der Waals surface area contributed by atoms with Gasteiger partial charge in [-0.3, -0.25) is 14.3 Å². The molecule has 9 heteroatoms. The van der Waals surface area contributed by atoms with E-state index in [9.17, 15) is 18.0 Å². The molecule has 0 unspecified atom stereocenters. The third-order valence-corrected chi connectivity index (χ3v) is 4.71. The molecule has 2 amide bonds. The van der Waals surface area contributed by atoms with Crippen LogP contribution in [0.4, 0.5) is 11.4 Å². The normalized spacial score (nSPS) is 12.0. The number of amides is 2. The average molecular weight is 427 g/mol. The molecule has 2 aromatic carbocycles. The first-order valence-electron chi connectivity index (χ1n) is 9.07. The lowest BCUT2D eigenvalue weighted by atomic mass is 10.0. The van der Waals surface area contributed by atoms with Crippen LogP contribution in [0.5, 0.6) is 0 Å². The molecular formula is C21H21N3O5S. The summed E-state index contributed by atoms with van der Waals surface area (Å²) < 4.78 is 30.0. The molecule has 3 N–H and O–H groups in total. The quantitative estimate of drug-likeness (QED) is 0.511. The number of hydrogen-bond donors (Lipinski definition) is 3. The fourth-order valence-electron chi connectivity index (χ4n) is 2.76. The summed E-state index contributed by atoms with van der Waals surface area (Å²) in [5.41, 5.74) is 1.72. The van der Waals surface area contributed by atoms with Crippen molar-refractivity contribution in [2.75, 3.05) is 16.3 Å². The van der Waals surface area contributed by atoms with Gasteiger partial charge >= 0.3 is 0 Å². The van der Waals surface area contributed by atoms with Crippen molar-refractivity contribution in [3.8, 4) is 0 Å². The van der Waals surface area contributed by atoms with Gasteiger partial charge in [-0.2, -0.15) is 0 Å². The van der Waals surface area contributed by atoms with E-state index in [4.69, 9.17) is 4.42 Å². The van der Waals surface area contributed by atoms with Gasteiger partial charge in [0.05, 0.1) is 12.5 Å². The summed E-state index contributed by atoms with van der Waals surface area (Å²) in [5, 5.41) is 5.44. The number of carbonyl (C=O) groups excluding carboxylic acids is 2. The highest BCUT2D eigenvalue weighted by molar-refractivity contribution is 7.92. The molecule has 0 aliphatic heterocycles. The first-order chi connectivity index (χ1) is 14.3. The number of furan rings is 1. The maximum absolute atomic E-state index is 12.9. The Kier molecular flexibility index (Phi) is 6.53. The van der Waals surface area contributed by atoms with E-state index in [-0.39, 0.29) is 12.2 Å². The summed E-state index contributed by atoms with van der Waals surface area (Å²) in [7, 11) is -3.39. The van der Waals surface area contributed by atoms with E-state index in [0.717, 1.165) is 11.8 Å². The molecule has 3 aromatic rings. The van der Waals surface area contributed by atoms with Gasteiger partial charge in [-0.15, -0.1) is 0 Å². The summed E-state index contributed by atoms with van der Waals surface area (Å²) in [4.78, 5) is 25.3. The molecule has 1 aromatic heterocycles. The van der Waals surface area contributed by atoms with Crippen molar-refractivity contribution in [3.63, 3.8) is 0 Å². The van der Waals surface area contributed by atoms with Gasteiger partial charge in [0.15, 0.2) is 5.76 Å². The first-order valence-corrected chi connectivity index (χ1v) is 11.0. The van der Waals surface area contributed by atoms with E-state index in [1.807, 2.05) is 30.3 Å². The van der Waals surface area contributed by atoms with E-state index in [2.05, 4.69) is 15.4 Å². The summed E-state index contributed by atoms with van der Waals surface area (Å²) >= 11 is 0. The smallest absolute Gasteiger partial charge is 0.287 e. The molecule has 3 rings (SSSR count). The van der Waals surface area contributed by atoms with Crippen LogP contribution in [0.3, 0.4) is 0 Å². The largest absolute Gasteiger partial charge is 0.459 e. The highest BCUT2D eigenvalue weighted by atomic mass is 32.2.